The molecule has 0 saturated heterocycles. The molecule has 1 rings (SSSR count). The molecule has 114 valence electrons. The second-order valence-electron chi connectivity index (χ2n) is 5.87. The summed E-state index contributed by atoms with van der Waals surface area (Å²) in [4.78, 5) is 0. The van der Waals surface area contributed by atoms with Crippen molar-refractivity contribution in [2.45, 2.75) is 52.7 Å². The van der Waals surface area contributed by atoms with Gasteiger partial charge in [-0.2, -0.15) is 0 Å². The number of aryl methyl sites for hydroxylation is 2. The van der Waals surface area contributed by atoms with E-state index in [0.717, 1.165) is 24.3 Å². The highest BCUT2D eigenvalue weighted by molar-refractivity contribution is 5.43. The molecular weight excluding hydrogens is 250 g/mol. The maximum absolute atomic E-state index is 5.71. The van der Waals surface area contributed by atoms with Gasteiger partial charge in [-0.25, -0.2) is 0 Å². The average molecular weight is 279 g/mol. The van der Waals surface area contributed by atoms with Crippen molar-refractivity contribution in [3.63, 3.8) is 0 Å². The van der Waals surface area contributed by atoms with E-state index in [9.17, 15) is 0 Å². The predicted octanol–water partition coefficient (Wildman–Crippen LogP) is 3.78. The summed E-state index contributed by atoms with van der Waals surface area (Å²) in [5.74, 6) is 0.940. The van der Waals surface area contributed by atoms with Crippen LogP contribution in [0.15, 0.2) is 12.1 Å². The number of nitrogens with one attached hydrogen (secondary N) is 1. The van der Waals surface area contributed by atoms with E-state index in [1.165, 1.54) is 11.1 Å². The highest BCUT2D eigenvalue weighted by Gasteiger charge is 2.31. The fourth-order valence-corrected chi connectivity index (χ4v) is 2.48. The van der Waals surface area contributed by atoms with E-state index < -0.39 is 0 Å². The lowest BCUT2D eigenvalue weighted by Gasteiger charge is -2.35. The van der Waals surface area contributed by atoms with Crippen LogP contribution in [0.2, 0.25) is 0 Å². The number of methoxy groups -OCH3 is 2. The van der Waals surface area contributed by atoms with Crippen LogP contribution in [0, 0.1) is 13.8 Å². The Morgan fingerprint density at radius 3 is 2.30 bits per heavy atom. The van der Waals surface area contributed by atoms with Crippen LogP contribution >= 0.6 is 0 Å². The summed E-state index contributed by atoms with van der Waals surface area (Å²) in [5, 5.41) is 3.62. The maximum atomic E-state index is 5.71. The molecule has 3 heteroatoms. The van der Waals surface area contributed by atoms with Gasteiger partial charge in [-0.05, 0) is 63.4 Å². The number of ether oxygens (including phenoxy) is 2. The first-order valence-corrected chi connectivity index (χ1v) is 7.31. The van der Waals surface area contributed by atoms with Crippen LogP contribution in [0.25, 0.3) is 0 Å². The van der Waals surface area contributed by atoms with E-state index >= 15 is 0 Å². The molecule has 1 aromatic carbocycles. The molecule has 0 aliphatic heterocycles. The lowest BCUT2D eigenvalue weighted by atomic mass is 9.87. The van der Waals surface area contributed by atoms with Crippen LogP contribution < -0.4 is 10.1 Å². The van der Waals surface area contributed by atoms with Gasteiger partial charge in [-0.1, -0.05) is 13.0 Å². The minimum absolute atomic E-state index is 0.164. The van der Waals surface area contributed by atoms with Gasteiger partial charge in [0.15, 0.2) is 0 Å². The van der Waals surface area contributed by atoms with Crippen LogP contribution in [0.3, 0.4) is 0 Å². The lowest BCUT2D eigenvalue weighted by Crippen LogP contribution is -2.41. The first kappa shape index (κ1) is 17.0. The summed E-state index contributed by atoms with van der Waals surface area (Å²) in [6.07, 6.45) is 1.10. The van der Waals surface area contributed by atoms with Crippen LogP contribution in [-0.2, 0) is 4.74 Å². The fraction of sp³-hybridized carbons (Fsp3) is 0.647. The van der Waals surface area contributed by atoms with E-state index in [1.807, 2.05) is 0 Å². The van der Waals surface area contributed by atoms with Gasteiger partial charge >= 0.3 is 0 Å². The smallest absolute Gasteiger partial charge is 0.122 e. The molecule has 0 fully saturated rings. The van der Waals surface area contributed by atoms with Gasteiger partial charge in [0.25, 0.3) is 0 Å². The maximum Gasteiger partial charge on any atom is 0.122 e. The number of hydrogen-bond acceptors (Lipinski definition) is 3. The number of hydrogen-bond donors (Lipinski definition) is 1. The standard InChI is InChI=1S/C17H29NO2/c1-8-9-18-16(17(4,5)20-7)14-10-13(3)15(19-6)11-12(14)2/h10-11,16,18H,8-9H2,1-7H3. The lowest BCUT2D eigenvalue weighted by molar-refractivity contribution is -0.0112. The van der Waals surface area contributed by atoms with Gasteiger partial charge < -0.3 is 14.8 Å². The molecule has 0 radical (unpaired) electrons. The first-order valence-electron chi connectivity index (χ1n) is 7.31. The molecule has 1 N–H and O–H groups in total. The molecule has 0 heterocycles. The van der Waals surface area contributed by atoms with Crippen molar-refractivity contribution < 1.29 is 9.47 Å². The van der Waals surface area contributed by atoms with Gasteiger partial charge in [0.05, 0.1) is 18.8 Å². The second kappa shape index (κ2) is 7.09. The Balaban J connectivity index is 3.23. The van der Waals surface area contributed by atoms with Crippen LogP contribution in [-0.4, -0.2) is 26.4 Å². The molecule has 1 aromatic rings. The molecule has 20 heavy (non-hydrogen) atoms. The van der Waals surface area contributed by atoms with E-state index in [1.54, 1.807) is 14.2 Å². The molecule has 3 nitrogen and oxygen atoms in total. The van der Waals surface area contributed by atoms with Crippen molar-refractivity contribution in [1.29, 1.82) is 0 Å². The monoisotopic (exact) mass is 279 g/mol. The molecule has 0 spiro atoms. The molecular formula is C17H29NO2. The third-order valence-corrected chi connectivity index (χ3v) is 3.91. The molecule has 0 bridgehead atoms. The van der Waals surface area contributed by atoms with Gasteiger partial charge in [0.1, 0.15) is 5.75 Å². The third-order valence-electron chi connectivity index (χ3n) is 3.91. The number of rotatable bonds is 7. The SMILES string of the molecule is CCCNC(c1cc(C)c(OC)cc1C)C(C)(C)OC. The minimum atomic E-state index is -0.263. The molecule has 0 amide bonds. The van der Waals surface area contributed by atoms with E-state index in [0.29, 0.717) is 0 Å². The molecule has 0 aliphatic rings. The highest BCUT2D eigenvalue weighted by Crippen LogP contribution is 2.33. The van der Waals surface area contributed by atoms with E-state index in [-0.39, 0.29) is 11.6 Å². The summed E-state index contributed by atoms with van der Waals surface area (Å²) in [7, 11) is 3.49. The largest absolute Gasteiger partial charge is 0.496 e. The zero-order valence-electron chi connectivity index (χ0n) is 14.0. The second-order valence-corrected chi connectivity index (χ2v) is 5.87. The van der Waals surface area contributed by atoms with Gasteiger partial charge in [-0.3, -0.25) is 0 Å². The Morgan fingerprint density at radius 1 is 1.15 bits per heavy atom. The quantitative estimate of drug-likeness (QED) is 0.824. The van der Waals surface area contributed by atoms with Crippen molar-refractivity contribution in [2.24, 2.45) is 0 Å². The normalized spacial score (nSPS) is 13.3. The van der Waals surface area contributed by atoms with Crippen LogP contribution in [0.5, 0.6) is 5.75 Å². The molecule has 0 aromatic heterocycles. The van der Waals surface area contributed by atoms with Crippen molar-refractivity contribution >= 4 is 0 Å². The topological polar surface area (TPSA) is 30.5 Å². The van der Waals surface area contributed by atoms with Gasteiger partial charge in [-0.15, -0.1) is 0 Å². The van der Waals surface area contributed by atoms with Crippen molar-refractivity contribution in [2.75, 3.05) is 20.8 Å². The number of benzene rings is 1. The zero-order valence-corrected chi connectivity index (χ0v) is 14.0. The molecule has 0 saturated carbocycles. The van der Waals surface area contributed by atoms with Crippen LogP contribution in [0.1, 0.15) is 49.9 Å². The Morgan fingerprint density at radius 2 is 1.80 bits per heavy atom. The molecule has 1 unspecified atom stereocenters. The highest BCUT2D eigenvalue weighted by atomic mass is 16.5. The Bertz CT molecular complexity index is 441. The summed E-state index contributed by atoms with van der Waals surface area (Å²) in [6, 6.07) is 4.48. The van der Waals surface area contributed by atoms with Gasteiger partial charge in [0.2, 0.25) is 0 Å². The fourth-order valence-electron chi connectivity index (χ4n) is 2.48. The summed E-state index contributed by atoms with van der Waals surface area (Å²) >= 11 is 0. The average Bonchev–Trinajstić information content (AvgIpc) is 2.42. The van der Waals surface area contributed by atoms with E-state index in [2.05, 4.69) is 52.1 Å². The summed E-state index contributed by atoms with van der Waals surface area (Å²) in [6.45, 7) is 11.6. The Hall–Kier alpha value is -1.06. The van der Waals surface area contributed by atoms with Gasteiger partial charge in [0, 0.05) is 7.11 Å². The van der Waals surface area contributed by atoms with Crippen molar-refractivity contribution in [3.8, 4) is 5.75 Å². The predicted molar refractivity (Wildman–Crippen MR) is 84.6 cm³/mol. The van der Waals surface area contributed by atoms with Crippen molar-refractivity contribution in [1.82, 2.24) is 5.32 Å². The van der Waals surface area contributed by atoms with Crippen LogP contribution in [0.4, 0.5) is 0 Å². The van der Waals surface area contributed by atoms with Crippen molar-refractivity contribution in [3.05, 3.63) is 28.8 Å². The Labute approximate surface area is 123 Å². The Kier molecular flexibility index (Phi) is 6.03. The van der Waals surface area contributed by atoms with E-state index in [4.69, 9.17) is 9.47 Å². The molecule has 0 aliphatic carbocycles. The minimum Gasteiger partial charge on any atom is -0.496 e. The summed E-state index contributed by atoms with van der Waals surface area (Å²) in [5.41, 5.74) is 3.40. The summed E-state index contributed by atoms with van der Waals surface area (Å²) < 4.78 is 11.1. The molecule has 1 atom stereocenters. The zero-order chi connectivity index (χ0) is 15.3. The third kappa shape index (κ3) is 3.74. The first-order chi connectivity index (χ1) is 9.37.